The van der Waals surface area contributed by atoms with Crippen LogP contribution in [0.2, 0.25) is 0 Å². The molecule has 0 unspecified atom stereocenters. The summed E-state index contributed by atoms with van der Waals surface area (Å²) in [4.78, 5) is 8.73. The van der Waals surface area contributed by atoms with Crippen LogP contribution in [0.15, 0.2) is 11.2 Å². The Labute approximate surface area is 120 Å². The van der Waals surface area contributed by atoms with Crippen LogP contribution < -0.4 is 0 Å². The summed E-state index contributed by atoms with van der Waals surface area (Å²) in [5.41, 5.74) is 1.78. The second-order valence-corrected chi connectivity index (χ2v) is 5.90. The molecule has 0 spiro atoms. The molecule has 1 fully saturated rings. The Morgan fingerprint density at radius 2 is 2.15 bits per heavy atom. The molecule has 1 saturated carbocycles. The summed E-state index contributed by atoms with van der Waals surface area (Å²) in [7, 11) is 0. The first-order chi connectivity index (χ1) is 9.54. The number of rotatable bonds is 3. The third-order valence-electron chi connectivity index (χ3n) is 4.59. The lowest BCUT2D eigenvalue weighted by Crippen LogP contribution is -2.27. The van der Waals surface area contributed by atoms with Crippen molar-refractivity contribution in [2.75, 3.05) is 0 Å². The largest absolute Gasteiger partial charge is 0.505 e. The summed E-state index contributed by atoms with van der Waals surface area (Å²) in [6.07, 6.45) is 6.90. The number of pyridine rings is 1. The average Bonchev–Trinajstić information content (AvgIpc) is 2.44. The van der Waals surface area contributed by atoms with Crippen LogP contribution in [0.25, 0.3) is 0 Å². The van der Waals surface area contributed by atoms with E-state index in [0.717, 1.165) is 6.42 Å². The van der Waals surface area contributed by atoms with Crippen LogP contribution in [-0.4, -0.2) is 27.5 Å². The first-order valence-electron chi connectivity index (χ1n) is 7.36. The van der Waals surface area contributed by atoms with Crippen molar-refractivity contribution in [3.8, 4) is 5.75 Å². The molecule has 4 nitrogen and oxygen atoms in total. The van der Waals surface area contributed by atoms with Crippen LogP contribution in [0.1, 0.15) is 49.9 Å². The number of aliphatic hydroxyl groups is 1. The van der Waals surface area contributed by atoms with E-state index >= 15 is 0 Å². The van der Waals surface area contributed by atoms with Gasteiger partial charge in [-0.2, -0.15) is 0 Å². The molecular formula is C16H24N2O2. The molecule has 0 saturated heterocycles. The van der Waals surface area contributed by atoms with E-state index in [1.165, 1.54) is 12.8 Å². The second kappa shape index (κ2) is 6.35. The SMILES string of the molecule is Cc1ncc(CO)c(C=N[C@@H]2CCC[C@@H](C)[C@@H]2C)c1O. The van der Waals surface area contributed by atoms with E-state index in [9.17, 15) is 10.2 Å². The maximum absolute atomic E-state index is 10.1. The molecule has 2 rings (SSSR count). The summed E-state index contributed by atoms with van der Waals surface area (Å²) in [6.45, 7) is 6.13. The van der Waals surface area contributed by atoms with Gasteiger partial charge in [0.2, 0.25) is 0 Å². The summed E-state index contributed by atoms with van der Waals surface area (Å²) in [5.74, 6) is 1.37. The molecule has 1 heterocycles. The predicted octanol–water partition coefficient (Wildman–Crippen LogP) is 2.83. The number of aliphatic hydroxyl groups excluding tert-OH is 1. The number of aryl methyl sites for hydroxylation is 1. The highest BCUT2D eigenvalue weighted by atomic mass is 16.3. The number of hydrogen-bond acceptors (Lipinski definition) is 4. The van der Waals surface area contributed by atoms with Crippen molar-refractivity contribution in [2.45, 2.75) is 52.7 Å². The van der Waals surface area contributed by atoms with Crippen molar-refractivity contribution in [3.63, 3.8) is 0 Å². The number of nitrogens with zero attached hydrogens (tertiary/aromatic N) is 2. The van der Waals surface area contributed by atoms with Gasteiger partial charge in [0.05, 0.1) is 18.3 Å². The summed E-state index contributed by atoms with van der Waals surface area (Å²) < 4.78 is 0. The summed E-state index contributed by atoms with van der Waals surface area (Å²) in [6, 6.07) is 0.304. The molecule has 1 aromatic heterocycles. The highest BCUT2D eigenvalue weighted by Crippen LogP contribution is 2.32. The van der Waals surface area contributed by atoms with Crippen LogP contribution in [0.5, 0.6) is 5.75 Å². The molecule has 0 radical (unpaired) electrons. The van der Waals surface area contributed by atoms with Gasteiger partial charge in [0.15, 0.2) is 0 Å². The maximum Gasteiger partial charge on any atom is 0.145 e. The van der Waals surface area contributed by atoms with Gasteiger partial charge in [-0.15, -0.1) is 0 Å². The zero-order valence-electron chi connectivity index (χ0n) is 12.5. The van der Waals surface area contributed by atoms with Crippen LogP contribution in [0.3, 0.4) is 0 Å². The third-order valence-corrected chi connectivity index (χ3v) is 4.59. The number of aromatic hydroxyl groups is 1. The summed E-state index contributed by atoms with van der Waals surface area (Å²) in [5, 5.41) is 19.4. The van der Waals surface area contributed by atoms with Gasteiger partial charge in [-0.1, -0.05) is 26.7 Å². The third kappa shape index (κ3) is 3.01. The fraction of sp³-hybridized carbons (Fsp3) is 0.625. The Morgan fingerprint density at radius 3 is 2.85 bits per heavy atom. The van der Waals surface area contributed by atoms with E-state index in [1.807, 2.05) is 0 Å². The van der Waals surface area contributed by atoms with Gasteiger partial charge in [0.1, 0.15) is 5.75 Å². The number of hydrogen-bond donors (Lipinski definition) is 2. The van der Waals surface area contributed by atoms with E-state index in [2.05, 4.69) is 23.8 Å². The van der Waals surface area contributed by atoms with Gasteiger partial charge < -0.3 is 10.2 Å². The Bertz CT molecular complexity index is 499. The maximum atomic E-state index is 10.1. The zero-order chi connectivity index (χ0) is 14.7. The van der Waals surface area contributed by atoms with Gasteiger partial charge >= 0.3 is 0 Å². The number of aliphatic imine (C=N–C) groups is 1. The fourth-order valence-electron chi connectivity index (χ4n) is 2.86. The topological polar surface area (TPSA) is 65.7 Å². The smallest absolute Gasteiger partial charge is 0.145 e. The van der Waals surface area contributed by atoms with E-state index in [-0.39, 0.29) is 12.4 Å². The molecule has 1 aromatic rings. The molecule has 1 aliphatic rings. The lowest BCUT2D eigenvalue weighted by Gasteiger charge is -2.31. The van der Waals surface area contributed by atoms with Crippen molar-refractivity contribution in [2.24, 2.45) is 16.8 Å². The molecule has 110 valence electrons. The monoisotopic (exact) mass is 276 g/mol. The van der Waals surface area contributed by atoms with Crippen molar-refractivity contribution in [3.05, 3.63) is 23.0 Å². The molecule has 3 atom stereocenters. The second-order valence-electron chi connectivity index (χ2n) is 5.90. The van der Waals surface area contributed by atoms with Crippen molar-refractivity contribution in [1.29, 1.82) is 0 Å². The van der Waals surface area contributed by atoms with E-state index in [1.54, 1.807) is 19.3 Å². The predicted molar refractivity (Wildman–Crippen MR) is 80.1 cm³/mol. The molecule has 2 N–H and O–H groups in total. The molecule has 20 heavy (non-hydrogen) atoms. The van der Waals surface area contributed by atoms with Crippen LogP contribution >= 0.6 is 0 Å². The van der Waals surface area contributed by atoms with Gasteiger partial charge in [-0.05, 0) is 25.2 Å². The van der Waals surface area contributed by atoms with Gasteiger partial charge in [-0.3, -0.25) is 9.98 Å². The van der Waals surface area contributed by atoms with Crippen molar-refractivity contribution in [1.82, 2.24) is 4.98 Å². The van der Waals surface area contributed by atoms with E-state index in [4.69, 9.17) is 0 Å². The first-order valence-corrected chi connectivity index (χ1v) is 7.36. The Morgan fingerprint density at radius 1 is 1.40 bits per heavy atom. The lowest BCUT2D eigenvalue weighted by atomic mass is 9.78. The number of aromatic nitrogens is 1. The van der Waals surface area contributed by atoms with Crippen LogP contribution in [0.4, 0.5) is 0 Å². The minimum atomic E-state index is -0.140. The van der Waals surface area contributed by atoms with Gasteiger partial charge in [-0.25, -0.2) is 0 Å². The molecule has 0 bridgehead atoms. The standard InChI is InChI=1S/C16H24N2O2/c1-10-5-4-6-15(11(10)2)18-8-14-13(9-19)7-17-12(3)16(14)20/h7-8,10-11,15,19-20H,4-6,9H2,1-3H3/t10-,11+,15-/m1/s1. The Balaban J connectivity index is 2.25. The van der Waals surface area contributed by atoms with E-state index in [0.29, 0.717) is 34.7 Å². The van der Waals surface area contributed by atoms with Crippen LogP contribution in [0, 0.1) is 18.8 Å². The van der Waals surface area contributed by atoms with Gasteiger partial charge in [0, 0.05) is 23.5 Å². The lowest BCUT2D eigenvalue weighted by molar-refractivity contribution is 0.242. The highest BCUT2D eigenvalue weighted by molar-refractivity contribution is 5.85. The minimum Gasteiger partial charge on any atom is -0.505 e. The minimum absolute atomic E-state index is 0.122. The van der Waals surface area contributed by atoms with Crippen molar-refractivity contribution >= 4 is 6.21 Å². The molecule has 1 aliphatic carbocycles. The Hall–Kier alpha value is -1.42. The highest BCUT2D eigenvalue weighted by Gasteiger charge is 2.26. The van der Waals surface area contributed by atoms with Crippen LogP contribution in [-0.2, 0) is 6.61 Å². The van der Waals surface area contributed by atoms with Crippen molar-refractivity contribution < 1.29 is 10.2 Å². The van der Waals surface area contributed by atoms with Gasteiger partial charge in [0.25, 0.3) is 0 Å². The Kier molecular flexibility index (Phi) is 4.76. The van der Waals surface area contributed by atoms with E-state index < -0.39 is 0 Å². The molecule has 4 heteroatoms. The summed E-state index contributed by atoms with van der Waals surface area (Å²) >= 11 is 0. The zero-order valence-corrected chi connectivity index (χ0v) is 12.5. The molecule has 0 amide bonds. The molecule has 0 aliphatic heterocycles. The molecular weight excluding hydrogens is 252 g/mol. The molecule has 0 aromatic carbocycles. The first kappa shape index (κ1) is 15.0. The fourth-order valence-corrected chi connectivity index (χ4v) is 2.86. The quantitative estimate of drug-likeness (QED) is 0.834. The average molecular weight is 276 g/mol. The normalized spacial score (nSPS) is 27.1.